The number of hydrogen-bond donors (Lipinski definition) is 1. The highest BCUT2D eigenvalue weighted by Gasteiger charge is 2.47. The Kier molecular flexibility index (Phi) is 3.68. The number of hydrogen-bond acceptors (Lipinski definition) is 6. The molecule has 0 amide bonds. The van der Waals surface area contributed by atoms with Crippen molar-refractivity contribution in [2.24, 2.45) is 13.0 Å². The smallest absolute Gasteiger partial charge is 0.143 e. The lowest BCUT2D eigenvalue weighted by Gasteiger charge is -2.49. The zero-order valence-electron chi connectivity index (χ0n) is 16.5. The van der Waals surface area contributed by atoms with Gasteiger partial charge in [-0.3, -0.25) is 9.58 Å². The lowest BCUT2D eigenvalue weighted by Crippen LogP contribution is -2.60. The van der Waals surface area contributed by atoms with E-state index in [1.807, 2.05) is 24.1 Å². The summed E-state index contributed by atoms with van der Waals surface area (Å²) in [6, 6.07) is 6.33. The van der Waals surface area contributed by atoms with Gasteiger partial charge in [-0.2, -0.15) is 10.4 Å². The van der Waals surface area contributed by atoms with Crippen molar-refractivity contribution in [3.8, 4) is 17.3 Å². The fourth-order valence-corrected chi connectivity index (χ4v) is 5.54. The Bertz CT molecular complexity index is 1090. The number of anilines is 1. The molecule has 2 saturated heterocycles. The predicted molar refractivity (Wildman–Crippen MR) is 109 cm³/mol. The molecule has 8 nitrogen and oxygen atoms in total. The van der Waals surface area contributed by atoms with Crippen molar-refractivity contribution in [2.75, 3.05) is 18.0 Å². The number of piperazine rings is 1. The number of rotatable bonds is 3. The van der Waals surface area contributed by atoms with E-state index in [0.717, 1.165) is 54.0 Å². The number of aryl methyl sites for hydroxylation is 1. The Balaban J connectivity index is 1.28. The van der Waals surface area contributed by atoms with Crippen LogP contribution in [-0.2, 0) is 7.05 Å². The Morgan fingerprint density at radius 1 is 1.14 bits per heavy atom. The van der Waals surface area contributed by atoms with Gasteiger partial charge in [-0.25, -0.2) is 9.97 Å². The molecule has 3 aliphatic rings. The second-order valence-electron chi connectivity index (χ2n) is 8.73. The van der Waals surface area contributed by atoms with E-state index in [0.29, 0.717) is 18.1 Å². The highest BCUT2D eigenvalue weighted by atomic mass is 15.4. The van der Waals surface area contributed by atoms with E-state index in [4.69, 9.17) is 5.26 Å². The van der Waals surface area contributed by atoms with Gasteiger partial charge in [-0.1, -0.05) is 0 Å². The molecule has 2 unspecified atom stereocenters. The molecule has 1 saturated carbocycles. The van der Waals surface area contributed by atoms with Gasteiger partial charge in [0.25, 0.3) is 0 Å². The Labute approximate surface area is 169 Å². The largest absolute Gasteiger partial charge is 0.353 e. The van der Waals surface area contributed by atoms with Crippen LogP contribution in [0.3, 0.4) is 0 Å². The first-order valence-electron chi connectivity index (χ1n) is 10.4. The van der Waals surface area contributed by atoms with Gasteiger partial charge in [0.2, 0.25) is 0 Å². The number of nitrogens with zero attached hydrogens (tertiary/aromatic N) is 7. The summed E-state index contributed by atoms with van der Waals surface area (Å²) in [5.74, 6) is 1.30. The monoisotopic (exact) mass is 388 g/mol. The fourth-order valence-electron chi connectivity index (χ4n) is 5.54. The van der Waals surface area contributed by atoms with Gasteiger partial charge < -0.3 is 9.88 Å². The zero-order valence-corrected chi connectivity index (χ0v) is 16.5. The average molecular weight is 388 g/mol. The van der Waals surface area contributed by atoms with Crippen molar-refractivity contribution in [3.63, 3.8) is 0 Å². The summed E-state index contributed by atoms with van der Waals surface area (Å²) in [5.41, 5.74) is 2.95. The summed E-state index contributed by atoms with van der Waals surface area (Å²) in [7, 11) is 1.92. The van der Waals surface area contributed by atoms with Crippen LogP contribution in [0.2, 0.25) is 0 Å². The van der Waals surface area contributed by atoms with E-state index >= 15 is 0 Å². The second kappa shape index (κ2) is 6.29. The third-order valence-electron chi connectivity index (χ3n) is 6.98. The number of fused-ring (bicyclic) bond motifs is 3. The van der Waals surface area contributed by atoms with E-state index in [-0.39, 0.29) is 5.92 Å². The van der Waals surface area contributed by atoms with Crippen molar-refractivity contribution in [3.05, 3.63) is 24.8 Å². The van der Waals surface area contributed by atoms with Crippen molar-refractivity contribution < 1.29 is 0 Å². The minimum absolute atomic E-state index is 0.268. The van der Waals surface area contributed by atoms with Gasteiger partial charge >= 0.3 is 0 Å². The van der Waals surface area contributed by atoms with E-state index in [2.05, 4.69) is 42.0 Å². The highest BCUT2D eigenvalue weighted by Crippen LogP contribution is 2.42. The van der Waals surface area contributed by atoms with Crippen LogP contribution in [0.1, 0.15) is 25.7 Å². The molecule has 1 aliphatic carbocycles. The summed E-state index contributed by atoms with van der Waals surface area (Å²) in [6.07, 6.45) is 10.1. The molecule has 2 bridgehead atoms. The van der Waals surface area contributed by atoms with Crippen molar-refractivity contribution in [1.29, 1.82) is 5.26 Å². The van der Waals surface area contributed by atoms with Crippen LogP contribution in [-0.4, -0.2) is 60.8 Å². The van der Waals surface area contributed by atoms with Crippen molar-refractivity contribution >= 4 is 16.9 Å². The predicted octanol–water partition coefficient (Wildman–Crippen LogP) is 2.31. The Morgan fingerprint density at radius 2 is 1.93 bits per heavy atom. The summed E-state index contributed by atoms with van der Waals surface area (Å²) in [5, 5.41) is 14.5. The maximum atomic E-state index is 9.13. The topological polar surface area (TPSA) is 89.7 Å². The third kappa shape index (κ3) is 2.64. The minimum atomic E-state index is 0.268. The van der Waals surface area contributed by atoms with Gasteiger partial charge in [0, 0.05) is 55.9 Å². The second-order valence-corrected chi connectivity index (χ2v) is 8.73. The minimum Gasteiger partial charge on any atom is -0.353 e. The first-order chi connectivity index (χ1) is 14.2. The Morgan fingerprint density at radius 3 is 2.62 bits per heavy atom. The average Bonchev–Trinajstić information content (AvgIpc) is 3.37. The van der Waals surface area contributed by atoms with Crippen LogP contribution in [0, 0.1) is 17.2 Å². The number of nitriles is 1. The molecule has 2 aliphatic heterocycles. The van der Waals surface area contributed by atoms with Gasteiger partial charge in [0.15, 0.2) is 0 Å². The lowest BCUT2D eigenvalue weighted by molar-refractivity contribution is 0.0437. The molecule has 2 atom stereocenters. The molecule has 29 heavy (non-hydrogen) atoms. The summed E-state index contributed by atoms with van der Waals surface area (Å²) in [6.45, 7) is 2.01. The molecule has 6 rings (SSSR count). The molecular weight excluding hydrogens is 364 g/mol. The molecule has 0 radical (unpaired) electrons. The molecule has 8 heteroatoms. The highest BCUT2D eigenvalue weighted by molar-refractivity contribution is 5.91. The van der Waals surface area contributed by atoms with Crippen LogP contribution >= 0.6 is 0 Å². The zero-order chi connectivity index (χ0) is 19.5. The van der Waals surface area contributed by atoms with Crippen LogP contribution < -0.4 is 4.90 Å². The van der Waals surface area contributed by atoms with Gasteiger partial charge in [0.1, 0.15) is 17.8 Å². The van der Waals surface area contributed by atoms with Gasteiger partial charge in [0.05, 0.1) is 23.3 Å². The standard InChI is InChI=1S/C21H24N8/c1-27-9-14(8-25-27)19-6-18-20(26-19)23-12-24-21(18)28-10-15-2-3-16(11-28)29(15)17-4-13(5-17)7-22/h6,8-9,12-13,15-17H,2-5,10-11H2,1H3,(H,23,24,26)/t13-,15?,16?,17+. The van der Waals surface area contributed by atoms with Gasteiger partial charge in [-0.05, 0) is 31.7 Å². The van der Waals surface area contributed by atoms with Crippen molar-refractivity contribution in [1.82, 2.24) is 29.6 Å². The molecule has 3 aromatic heterocycles. The first-order valence-corrected chi connectivity index (χ1v) is 10.4. The number of aromatic nitrogens is 5. The SMILES string of the molecule is Cn1cc(-c2cc3c(N4CC5CCC(C4)N5[C@H]4C[C@@H](C#N)C4)ncnc3[nH]2)cn1. The van der Waals surface area contributed by atoms with Crippen LogP contribution in [0.4, 0.5) is 5.82 Å². The summed E-state index contributed by atoms with van der Waals surface area (Å²) < 4.78 is 1.81. The fraction of sp³-hybridized carbons (Fsp3) is 0.524. The van der Waals surface area contributed by atoms with Crippen LogP contribution in [0.25, 0.3) is 22.3 Å². The van der Waals surface area contributed by atoms with Gasteiger partial charge in [-0.15, -0.1) is 0 Å². The molecule has 148 valence electrons. The maximum absolute atomic E-state index is 9.13. The number of aromatic amines is 1. The maximum Gasteiger partial charge on any atom is 0.143 e. The molecule has 1 N–H and O–H groups in total. The normalized spacial score (nSPS) is 29.2. The lowest BCUT2D eigenvalue weighted by atomic mass is 9.79. The number of H-pyrrole nitrogens is 1. The quantitative estimate of drug-likeness (QED) is 0.741. The Hall–Kier alpha value is -2.92. The molecular formula is C21H24N8. The van der Waals surface area contributed by atoms with E-state index in [1.165, 1.54) is 12.8 Å². The first kappa shape index (κ1) is 17.0. The molecule has 0 aromatic carbocycles. The molecule has 0 spiro atoms. The van der Waals surface area contributed by atoms with Crippen LogP contribution in [0.5, 0.6) is 0 Å². The number of nitrogens with one attached hydrogen (secondary N) is 1. The van der Waals surface area contributed by atoms with E-state index in [1.54, 1.807) is 6.33 Å². The summed E-state index contributed by atoms with van der Waals surface area (Å²) in [4.78, 5) is 17.7. The van der Waals surface area contributed by atoms with E-state index < -0.39 is 0 Å². The van der Waals surface area contributed by atoms with Crippen LogP contribution in [0.15, 0.2) is 24.8 Å². The van der Waals surface area contributed by atoms with E-state index in [9.17, 15) is 0 Å². The molecule has 3 aromatic rings. The van der Waals surface area contributed by atoms with Crippen molar-refractivity contribution in [2.45, 2.75) is 43.8 Å². The third-order valence-corrected chi connectivity index (χ3v) is 6.98. The molecule has 3 fully saturated rings. The molecule has 5 heterocycles. The summed E-state index contributed by atoms with van der Waals surface area (Å²) >= 11 is 0.